The summed E-state index contributed by atoms with van der Waals surface area (Å²) in [6.07, 6.45) is 3.71. The third-order valence-corrected chi connectivity index (χ3v) is 3.66. The Hall–Kier alpha value is -0.610. The van der Waals surface area contributed by atoms with Gasteiger partial charge in [0.05, 0.1) is 4.90 Å². The lowest BCUT2D eigenvalue weighted by atomic mass is 10.1. The largest absolute Gasteiger partial charge is 0.330 e. The number of benzene rings is 1. The molecular formula is C13H19F2NS. The van der Waals surface area contributed by atoms with Gasteiger partial charge in [-0.25, -0.2) is 8.78 Å². The summed E-state index contributed by atoms with van der Waals surface area (Å²) >= 11 is 1.26. The number of rotatable bonds is 7. The van der Waals surface area contributed by atoms with E-state index in [1.54, 1.807) is 0 Å². The molecule has 0 saturated carbocycles. The molecule has 2 N–H and O–H groups in total. The van der Waals surface area contributed by atoms with Gasteiger partial charge in [0.2, 0.25) is 0 Å². The van der Waals surface area contributed by atoms with Crippen molar-refractivity contribution < 1.29 is 8.78 Å². The van der Waals surface area contributed by atoms with E-state index in [4.69, 9.17) is 5.73 Å². The highest BCUT2D eigenvalue weighted by Crippen LogP contribution is 2.27. The Morgan fingerprint density at radius 1 is 1.18 bits per heavy atom. The van der Waals surface area contributed by atoms with Crippen LogP contribution in [0.4, 0.5) is 8.78 Å². The number of unbranched alkanes of at least 4 members (excludes halogenated alkanes) is 2. The Balaban J connectivity index is 2.65. The summed E-state index contributed by atoms with van der Waals surface area (Å²) in [7, 11) is 0. The Morgan fingerprint density at radius 2 is 1.82 bits per heavy atom. The molecule has 0 saturated heterocycles. The maximum Gasteiger partial charge on any atom is 0.140 e. The van der Waals surface area contributed by atoms with Gasteiger partial charge in [-0.05, 0) is 42.8 Å². The second-order valence-electron chi connectivity index (χ2n) is 3.98. The van der Waals surface area contributed by atoms with Crippen LogP contribution in [0.15, 0.2) is 17.0 Å². The van der Waals surface area contributed by atoms with Crippen molar-refractivity contribution >= 4 is 11.8 Å². The van der Waals surface area contributed by atoms with Gasteiger partial charge in [-0.1, -0.05) is 19.8 Å². The van der Waals surface area contributed by atoms with Crippen LogP contribution in [-0.4, -0.2) is 12.3 Å². The normalized spacial score (nSPS) is 10.8. The van der Waals surface area contributed by atoms with Crippen LogP contribution in [0.25, 0.3) is 0 Å². The molecule has 0 atom stereocenters. The molecule has 96 valence electrons. The molecule has 0 spiro atoms. The second kappa shape index (κ2) is 7.67. The summed E-state index contributed by atoms with van der Waals surface area (Å²) in [5.74, 6) is -0.164. The van der Waals surface area contributed by atoms with Crippen LogP contribution >= 0.6 is 11.8 Å². The lowest BCUT2D eigenvalue weighted by molar-refractivity contribution is 0.537. The molecule has 1 nitrogen and oxygen atoms in total. The summed E-state index contributed by atoms with van der Waals surface area (Å²) in [6, 6.07) is 2.77. The highest BCUT2D eigenvalue weighted by molar-refractivity contribution is 7.99. The molecule has 0 heterocycles. The minimum Gasteiger partial charge on any atom is -0.330 e. The van der Waals surface area contributed by atoms with Gasteiger partial charge in [0.25, 0.3) is 0 Å². The number of hydrogen-bond acceptors (Lipinski definition) is 2. The van der Waals surface area contributed by atoms with Crippen LogP contribution < -0.4 is 5.73 Å². The van der Waals surface area contributed by atoms with E-state index < -0.39 is 11.6 Å². The predicted octanol–water partition coefficient (Wildman–Crippen LogP) is 3.75. The first-order valence-corrected chi connectivity index (χ1v) is 6.98. The van der Waals surface area contributed by atoms with E-state index in [0.29, 0.717) is 18.5 Å². The zero-order valence-electron chi connectivity index (χ0n) is 10.1. The van der Waals surface area contributed by atoms with E-state index in [9.17, 15) is 8.78 Å². The third-order valence-electron chi connectivity index (χ3n) is 2.49. The van der Waals surface area contributed by atoms with Crippen molar-refractivity contribution in [3.8, 4) is 0 Å². The highest BCUT2D eigenvalue weighted by Gasteiger charge is 2.11. The number of hydrogen-bond donors (Lipinski definition) is 1. The van der Waals surface area contributed by atoms with Crippen LogP contribution in [0, 0.1) is 11.6 Å². The predicted molar refractivity (Wildman–Crippen MR) is 69.4 cm³/mol. The minimum absolute atomic E-state index is 0.141. The Bertz CT molecular complexity index is 332. The molecule has 0 aliphatic carbocycles. The van der Waals surface area contributed by atoms with Gasteiger partial charge >= 0.3 is 0 Å². The van der Waals surface area contributed by atoms with E-state index in [2.05, 4.69) is 6.92 Å². The molecule has 0 unspecified atom stereocenters. The van der Waals surface area contributed by atoms with Crippen molar-refractivity contribution in [3.05, 3.63) is 29.3 Å². The maximum atomic E-state index is 13.6. The third kappa shape index (κ3) is 4.64. The fourth-order valence-electron chi connectivity index (χ4n) is 1.59. The Morgan fingerprint density at radius 3 is 2.35 bits per heavy atom. The smallest absolute Gasteiger partial charge is 0.140 e. The van der Waals surface area contributed by atoms with Crippen molar-refractivity contribution in [1.29, 1.82) is 0 Å². The maximum absolute atomic E-state index is 13.6. The molecule has 0 bridgehead atoms. The quantitative estimate of drug-likeness (QED) is 0.596. The lowest BCUT2D eigenvalue weighted by Gasteiger charge is -2.07. The lowest BCUT2D eigenvalue weighted by Crippen LogP contribution is -2.04. The van der Waals surface area contributed by atoms with Crippen LogP contribution in [-0.2, 0) is 6.42 Å². The topological polar surface area (TPSA) is 26.0 Å². The fraction of sp³-hybridized carbons (Fsp3) is 0.538. The van der Waals surface area contributed by atoms with Gasteiger partial charge in [0, 0.05) is 0 Å². The van der Waals surface area contributed by atoms with E-state index in [1.807, 2.05) is 0 Å². The molecule has 0 aromatic heterocycles. The monoisotopic (exact) mass is 259 g/mol. The number of halogens is 2. The average molecular weight is 259 g/mol. The molecule has 1 rings (SSSR count). The first-order valence-electron chi connectivity index (χ1n) is 5.99. The van der Waals surface area contributed by atoms with Crippen LogP contribution in [0.2, 0.25) is 0 Å². The summed E-state index contributed by atoms with van der Waals surface area (Å²) < 4.78 is 27.3. The summed E-state index contributed by atoms with van der Waals surface area (Å²) in [5.41, 5.74) is 5.99. The molecule has 0 radical (unpaired) electrons. The summed E-state index contributed by atoms with van der Waals surface area (Å²) in [5, 5.41) is 0. The van der Waals surface area contributed by atoms with E-state index >= 15 is 0 Å². The van der Waals surface area contributed by atoms with Crippen molar-refractivity contribution in [2.24, 2.45) is 5.73 Å². The van der Waals surface area contributed by atoms with E-state index in [1.165, 1.54) is 23.9 Å². The van der Waals surface area contributed by atoms with E-state index in [-0.39, 0.29) is 4.90 Å². The van der Waals surface area contributed by atoms with Crippen molar-refractivity contribution in [1.82, 2.24) is 0 Å². The summed E-state index contributed by atoms with van der Waals surface area (Å²) in [6.45, 7) is 2.51. The van der Waals surface area contributed by atoms with Gasteiger partial charge in [-0.2, -0.15) is 0 Å². The summed E-state index contributed by atoms with van der Waals surface area (Å²) in [4.78, 5) is 0.141. The molecule has 1 aromatic rings. The zero-order chi connectivity index (χ0) is 12.7. The van der Waals surface area contributed by atoms with Crippen LogP contribution in [0.1, 0.15) is 31.7 Å². The fourth-order valence-corrected chi connectivity index (χ4v) is 2.53. The molecule has 0 fully saturated rings. The van der Waals surface area contributed by atoms with Gasteiger partial charge < -0.3 is 5.73 Å². The van der Waals surface area contributed by atoms with Gasteiger partial charge in [0.1, 0.15) is 11.6 Å². The molecule has 0 aliphatic heterocycles. The molecule has 17 heavy (non-hydrogen) atoms. The molecule has 0 amide bonds. The van der Waals surface area contributed by atoms with Crippen LogP contribution in [0.5, 0.6) is 0 Å². The second-order valence-corrected chi connectivity index (χ2v) is 5.09. The van der Waals surface area contributed by atoms with Gasteiger partial charge in [0.15, 0.2) is 0 Å². The first-order chi connectivity index (χ1) is 8.19. The van der Waals surface area contributed by atoms with Gasteiger partial charge in [-0.15, -0.1) is 11.8 Å². The van der Waals surface area contributed by atoms with Crippen LogP contribution in [0.3, 0.4) is 0 Å². The first kappa shape index (κ1) is 14.5. The standard InChI is InChI=1S/C13H19F2NS/c1-2-3-4-7-17-13-11(14)8-10(5-6-16)9-12(13)15/h8-9H,2-7,16H2,1H3. The Labute approximate surface area is 106 Å². The SMILES string of the molecule is CCCCCSc1c(F)cc(CCN)cc1F. The van der Waals surface area contributed by atoms with Crippen molar-refractivity contribution in [2.45, 2.75) is 37.5 Å². The number of nitrogens with two attached hydrogens (primary N) is 1. The molecule has 1 aromatic carbocycles. The molecular weight excluding hydrogens is 240 g/mol. The Kier molecular flexibility index (Phi) is 6.52. The van der Waals surface area contributed by atoms with Gasteiger partial charge in [-0.3, -0.25) is 0 Å². The minimum atomic E-state index is -0.463. The van der Waals surface area contributed by atoms with E-state index in [0.717, 1.165) is 25.0 Å². The van der Waals surface area contributed by atoms with Crippen molar-refractivity contribution in [2.75, 3.05) is 12.3 Å². The molecule has 4 heteroatoms. The van der Waals surface area contributed by atoms with Crippen molar-refractivity contribution in [3.63, 3.8) is 0 Å². The molecule has 0 aliphatic rings. The highest BCUT2D eigenvalue weighted by atomic mass is 32.2. The number of thioether (sulfide) groups is 1. The zero-order valence-corrected chi connectivity index (χ0v) is 11.0. The average Bonchev–Trinajstić information content (AvgIpc) is 2.27.